The molecule has 0 amide bonds. The van der Waals surface area contributed by atoms with Crippen molar-refractivity contribution in [1.82, 2.24) is 0 Å². The van der Waals surface area contributed by atoms with Crippen LogP contribution in [0, 0.1) is 0 Å². The number of fused-ring (bicyclic) bond motifs is 1. The first-order valence-electron chi connectivity index (χ1n) is 7.89. The normalized spacial score (nSPS) is 25.5. The lowest BCUT2D eigenvalue weighted by molar-refractivity contribution is -0.164. The van der Waals surface area contributed by atoms with Gasteiger partial charge in [0.25, 0.3) is 0 Å². The van der Waals surface area contributed by atoms with Crippen molar-refractivity contribution >= 4 is 17.7 Å². The molecule has 0 saturated carbocycles. The van der Waals surface area contributed by atoms with Crippen LogP contribution in [0.3, 0.4) is 0 Å². The molecule has 2 aliphatic rings. The molecule has 1 aromatic carbocycles. The van der Waals surface area contributed by atoms with Crippen LogP contribution in [0.25, 0.3) is 0 Å². The zero-order chi connectivity index (χ0) is 15.4. The summed E-state index contributed by atoms with van der Waals surface area (Å²) in [5.41, 5.74) is 1.11. The van der Waals surface area contributed by atoms with Crippen molar-refractivity contribution in [2.75, 3.05) is 19.0 Å². The fourth-order valence-electron chi connectivity index (χ4n) is 2.76. The van der Waals surface area contributed by atoms with E-state index in [4.69, 9.17) is 14.2 Å². The van der Waals surface area contributed by atoms with Crippen molar-refractivity contribution in [1.29, 1.82) is 0 Å². The molecule has 0 bridgehead atoms. The highest BCUT2D eigenvalue weighted by Crippen LogP contribution is 2.38. The Labute approximate surface area is 135 Å². The molecule has 3 rings (SSSR count). The molecule has 2 aliphatic heterocycles. The van der Waals surface area contributed by atoms with Crippen LogP contribution < -0.4 is 0 Å². The van der Waals surface area contributed by atoms with E-state index in [1.165, 1.54) is 4.90 Å². The van der Waals surface area contributed by atoms with Gasteiger partial charge >= 0.3 is 5.97 Å². The lowest BCUT2D eigenvalue weighted by Crippen LogP contribution is -2.29. The van der Waals surface area contributed by atoms with E-state index >= 15 is 0 Å². The number of thioether (sulfide) groups is 1. The molecule has 3 atom stereocenters. The molecule has 2 heterocycles. The van der Waals surface area contributed by atoms with Gasteiger partial charge in [0, 0.05) is 22.8 Å². The lowest BCUT2D eigenvalue weighted by atomic mass is 10.1. The van der Waals surface area contributed by atoms with Gasteiger partial charge < -0.3 is 14.2 Å². The van der Waals surface area contributed by atoms with Crippen LogP contribution in [-0.4, -0.2) is 37.1 Å². The topological polar surface area (TPSA) is 44.8 Å². The van der Waals surface area contributed by atoms with Crippen LogP contribution in [0.1, 0.15) is 37.9 Å². The Morgan fingerprint density at radius 2 is 2.27 bits per heavy atom. The molecule has 4 nitrogen and oxygen atoms in total. The minimum absolute atomic E-state index is 0.127. The summed E-state index contributed by atoms with van der Waals surface area (Å²) in [5.74, 6) is 0.685. The van der Waals surface area contributed by atoms with Gasteiger partial charge in [-0.1, -0.05) is 18.2 Å². The molecular weight excluding hydrogens is 300 g/mol. The second-order valence-corrected chi connectivity index (χ2v) is 6.85. The highest BCUT2D eigenvalue weighted by molar-refractivity contribution is 7.99. The molecule has 0 aliphatic carbocycles. The zero-order valence-corrected chi connectivity index (χ0v) is 13.6. The summed E-state index contributed by atoms with van der Waals surface area (Å²) in [6, 6.07) is 8.13. The Kier molecular flexibility index (Phi) is 5.39. The second-order valence-electron chi connectivity index (χ2n) is 5.71. The van der Waals surface area contributed by atoms with E-state index in [0.29, 0.717) is 6.61 Å². The van der Waals surface area contributed by atoms with E-state index < -0.39 is 6.10 Å². The number of carbonyl (C=O) groups excluding carboxylic acids is 1. The second kappa shape index (κ2) is 7.49. The quantitative estimate of drug-likeness (QED) is 0.778. The van der Waals surface area contributed by atoms with Crippen LogP contribution in [0.4, 0.5) is 0 Å². The summed E-state index contributed by atoms with van der Waals surface area (Å²) >= 11 is 1.82. The monoisotopic (exact) mass is 322 g/mol. The van der Waals surface area contributed by atoms with Crippen LogP contribution in [0.5, 0.6) is 0 Å². The summed E-state index contributed by atoms with van der Waals surface area (Å²) in [5, 5.41) is 0. The van der Waals surface area contributed by atoms with Gasteiger partial charge in [0.1, 0.15) is 6.10 Å². The maximum absolute atomic E-state index is 12.2. The molecule has 0 N–H and O–H groups in total. The van der Waals surface area contributed by atoms with Crippen LogP contribution in [0.15, 0.2) is 29.2 Å². The minimum atomic E-state index is -0.550. The van der Waals surface area contributed by atoms with Gasteiger partial charge in [0.15, 0.2) is 6.10 Å². The first-order chi connectivity index (χ1) is 10.7. The van der Waals surface area contributed by atoms with Crippen molar-refractivity contribution in [3.8, 4) is 0 Å². The Morgan fingerprint density at radius 3 is 3.09 bits per heavy atom. The predicted molar refractivity (Wildman–Crippen MR) is 85.0 cm³/mol. The lowest BCUT2D eigenvalue weighted by Gasteiger charge is -2.26. The first-order valence-corrected chi connectivity index (χ1v) is 8.88. The zero-order valence-electron chi connectivity index (χ0n) is 12.8. The van der Waals surface area contributed by atoms with E-state index in [0.717, 1.165) is 37.2 Å². The predicted octanol–water partition coefficient (Wildman–Crippen LogP) is 3.35. The van der Waals surface area contributed by atoms with E-state index in [1.807, 2.05) is 30.0 Å². The fourth-order valence-corrected chi connectivity index (χ4v) is 3.86. The Morgan fingerprint density at radius 1 is 1.41 bits per heavy atom. The van der Waals surface area contributed by atoms with E-state index in [2.05, 4.69) is 6.07 Å². The van der Waals surface area contributed by atoms with Crippen molar-refractivity contribution in [2.45, 2.75) is 49.4 Å². The van der Waals surface area contributed by atoms with E-state index in [-0.39, 0.29) is 18.2 Å². The number of benzene rings is 1. The average molecular weight is 322 g/mol. The number of hydrogen-bond donors (Lipinski definition) is 0. The van der Waals surface area contributed by atoms with Crippen molar-refractivity contribution in [3.63, 3.8) is 0 Å². The van der Waals surface area contributed by atoms with Crippen LogP contribution in [-0.2, 0) is 19.0 Å². The maximum Gasteiger partial charge on any atom is 0.335 e. The summed E-state index contributed by atoms with van der Waals surface area (Å²) in [6.45, 7) is 3.01. The largest absolute Gasteiger partial charge is 0.456 e. The minimum Gasteiger partial charge on any atom is -0.456 e. The highest BCUT2D eigenvalue weighted by atomic mass is 32.2. The molecule has 0 aromatic heterocycles. The van der Waals surface area contributed by atoms with E-state index in [1.54, 1.807) is 6.92 Å². The summed E-state index contributed by atoms with van der Waals surface area (Å²) in [7, 11) is 0. The van der Waals surface area contributed by atoms with Gasteiger partial charge in [0.05, 0.1) is 12.7 Å². The maximum atomic E-state index is 12.2. The third-order valence-corrected chi connectivity index (χ3v) is 5.17. The highest BCUT2D eigenvalue weighted by Gasteiger charge is 2.27. The molecule has 0 radical (unpaired) electrons. The summed E-state index contributed by atoms with van der Waals surface area (Å²) in [4.78, 5) is 13.4. The van der Waals surface area contributed by atoms with Gasteiger partial charge in [-0.05, 0) is 32.3 Å². The number of esters is 1. The third kappa shape index (κ3) is 3.83. The molecule has 22 heavy (non-hydrogen) atoms. The molecule has 5 heteroatoms. The molecule has 120 valence electrons. The van der Waals surface area contributed by atoms with Crippen LogP contribution in [0.2, 0.25) is 0 Å². The van der Waals surface area contributed by atoms with Crippen molar-refractivity contribution in [3.05, 3.63) is 29.8 Å². The number of carbonyl (C=O) groups is 1. The number of hydrogen-bond acceptors (Lipinski definition) is 5. The van der Waals surface area contributed by atoms with Gasteiger partial charge in [-0.2, -0.15) is 0 Å². The molecule has 1 saturated heterocycles. The van der Waals surface area contributed by atoms with Crippen molar-refractivity contribution < 1.29 is 19.0 Å². The average Bonchev–Trinajstić information content (AvgIpc) is 3.06. The SMILES string of the molecule is C[C@@H](OC[C@H]1CCCO1)C(=O)O[C@@H]1CCSc2ccccc21. The molecule has 0 spiro atoms. The third-order valence-electron chi connectivity index (χ3n) is 4.05. The van der Waals surface area contributed by atoms with Crippen LogP contribution >= 0.6 is 11.8 Å². The Hall–Kier alpha value is -1.04. The van der Waals surface area contributed by atoms with Gasteiger partial charge in [-0.25, -0.2) is 4.79 Å². The molecule has 0 unspecified atom stereocenters. The standard InChI is InChI=1S/C17H22O4S/c1-12(20-11-13-5-4-9-19-13)17(18)21-15-8-10-22-16-7-3-2-6-14(15)16/h2-3,6-7,12-13,15H,4-5,8-11H2,1H3/t12-,13-,15-/m1/s1. The Bertz CT molecular complexity index is 513. The van der Waals surface area contributed by atoms with Gasteiger partial charge in [-0.3, -0.25) is 0 Å². The van der Waals surface area contributed by atoms with Crippen molar-refractivity contribution in [2.24, 2.45) is 0 Å². The molecular formula is C17H22O4S. The fraction of sp³-hybridized carbons (Fsp3) is 0.588. The van der Waals surface area contributed by atoms with Gasteiger partial charge in [0.2, 0.25) is 0 Å². The molecule has 1 fully saturated rings. The van der Waals surface area contributed by atoms with Gasteiger partial charge in [-0.15, -0.1) is 11.8 Å². The smallest absolute Gasteiger partial charge is 0.335 e. The van der Waals surface area contributed by atoms with E-state index in [9.17, 15) is 4.79 Å². The molecule has 1 aromatic rings. The number of ether oxygens (including phenoxy) is 3. The summed E-state index contributed by atoms with van der Waals surface area (Å²) in [6.07, 6.45) is 2.36. The summed E-state index contributed by atoms with van der Waals surface area (Å²) < 4.78 is 16.8. The Balaban J connectivity index is 1.53. The number of rotatable bonds is 5. The first kappa shape index (κ1) is 15.8.